The zero-order valence-electron chi connectivity index (χ0n) is 8.25. The van der Waals surface area contributed by atoms with Crippen LogP contribution in [-0.4, -0.2) is 22.4 Å². The summed E-state index contributed by atoms with van der Waals surface area (Å²) in [5.41, 5.74) is -0.0140. The van der Waals surface area contributed by atoms with Crippen molar-refractivity contribution >= 4 is 0 Å². The number of hydrogen-bond donors (Lipinski definition) is 2. The summed E-state index contributed by atoms with van der Waals surface area (Å²) in [5, 5.41) is 19.3. The van der Waals surface area contributed by atoms with E-state index in [1.807, 2.05) is 0 Å². The van der Waals surface area contributed by atoms with Gasteiger partial charge in [0.05, 0.1) is 12.2 Å². The van der Waals surface area contributed by atoms with Gasteiger partial charge in [-0.25, -0.2) is 0 Å². The van der Waals surface area contributed by atoms with Gasteiger partial charge in [0.25, 0.3) is 0 Å². The number of aliphatic hydroxyl groups is 2. The van der Waals surface area contributed by atoms with Gasteiger partial charge in [0.15, 0.2) is 0 Å². The topological polar surface area (TPSA) is 40.5 Å². The van der Waals surface area contributed by atoms with Crippen molar-refractivity contribution in [3.8, 4) is 0 Å². The molecule has 1 fully saturated rings. The Morgan fingerprint density at radius 1 is 1.42 bits per heavy atom. The highest BCUT2D eigenvalue weighted by atomic mass is 16.3. The van der Waals surface area contributed by atoms with E-state index in [-0.39, 0.29) is 23.5 Å². The standard InChI is InChI=1S/C10H20O2/c1-7(11)8-5-4-6-10(2,3)9(8)12/h7-9,11-12H,4-6H2,1-3H3. The van der Waals surface area contributed by atoms with Crippen LogP contribution in [0.5, 0.6) is 0 Å². The summed E-state index contributed by atoms with van der Waals surface area (Å²) in [7, 11) is 0. The minimum Gasteiger partial charge on any atom is -0.393 e. The Kier molecular flexibility index (Phi) is 2.79. The molecule has 1 rings (SSSR count). The first-order valence-corrected chi connectivity index (χ1v) is 4.81. The SMILES string of the molecule is CC(O)C1CCCC(C)(C)C1O. The summed E-state index contributed by atoms with van der Waals surface area (Å²) in [5.74, 6) is 0.0775. The van der Waals surface area contributed by atoms with Crippen molar-refractivity contribution in [2.45, 2.75) is 52.2 Å². The maximum Gasteiger partial charge on any atom is 0.0643 e. The Hall–Kier alpha value is -0.0800. The molecule has 1 saturated carbocycles. The van der Waals surface area contributed by atoms with Crippen molar-refractivity contribution in [1.82, 2.24) is 0 Å². The molecule has 0 saturated heterocycles. The van der Waals surface area contributed by atoms with Crippen LogP contribution < -0.4 is 0 Å². The van der Waals surface area contributed by atoms with Gasteiger partial charge >= 0.3 is 0 Å². The molecule has 0 spiro atoms. The van der Waals surface area contributed by atoms with Crippen molar-refractivity contribution in [3.05, 3.63) is 0 Å². The first kappa shape index (κ1) is 10.0. The fourth-order valence-corrected chi connectivity index (χ4v) is 2.18. The molecule has 0 radical (unpaired) electrons. The Morgan fingerprint density at radius 3 is 2.42 bits per heavy atom. The predicted molar refractivity (Wildman–Crippen MR) is 48.8 cm³/mol. The summed E-state index contributed by atoms with van der Waals surface area (Å²) in [6.07, 6.45) is 2.44. The molecule has 0 amide bonds. The molecule has 2 heteroatoms. The molecular formula is C10H20O2. The first-order valence-electron chi connectivity index (χ1n) is 4.81. The van der Waals surface area contributed by atoms with Crippen LogP contribution in [0.4, 0.5) is 0 Å². The van der Waals surface area contributed by atoms with E-state index in [0.29, 0.717) is 0 Å². The summed E-state index contributed by atoms with van der Waals surface area (Å²) in [6.45, 7) is 5.92. The molecule has 0 aromatic heterocycles. The van der Waals surface area contributed by atoms with Crippen molar-refractivity contribution in [1.29, 1.82) is 0 Å². The highest BCUT2D eigenvalue weighted by Crippen LogP contribution is 2.40. The van der Waals surface area contributed by atoms with E-state index in [9.17, 15) is 10.2 Å². The van der Waals surface area contributed by atoms with E-state index in [1.165, 1.54) is 0 Å². The number of rotatable bonds is 1. The molecule has 2 N–H and O–H groups in total. The fourth-order valence-electron chi connectivity index (χ4n) is 2.18. The van der Waals surface area contributed by atoms with Crippen LogP contribution in [0.15, 0.2) is 0 Å². The van der Waals surface area contributed by atoms with Crippen LogP contribution >= 0.6 is 0 Å². The monoisotopic (exact) mass is 172 g/mol. The van der Waals surface area contributed by atoms with E-state index < -0.39 is 0 Å². The van der Waals surface area contributed by atoms with Crippen molar-refractivity contribution in [3.63, 3.8) is 0 Å². The van der Waals surface area contributed by atoms with Gasteiger partial charge in [-0.3, -0.25) is 0 Å². The lowest BCUT2D eigenvalue weighted by Crippen LogP contribution is -2.44. The normalized spacial score (nSPS) is 37.8. The zero-order valence-corrected chi connectivity index (χ0v) is 8.25. The second-order valence-electron chi connectivity index (χ2n) is 4.73. The maximum absolute atomic E-state index is 9.91. The van der Waals surface area contributed by atoms with Gasteiger partial charge in [0.2, 0.25) is 0 Å². The average molecular weight is 172 g/mol. The molecule has 0 aromatic rings. The highest BCUT2D eigenvalue weighted by molar-refractivity contribution is 4.89. The van der Waals surface area contributed by atoms with E-state index in [0.717, 1.165) is 19.3 Å². The average Bonchev–Trinajstić information content (AvgIpc) is 1.94. The molecule has 3 unspecified atom stereocenters. The Labute approximate surface area is 74.6 Å². The van der Waals surface area contributed by atoms with Gasteiger partial charge in [0.1, 0.15) is 0 Å². The number of hydrogen-bond acceptors (Lipinski definition) is 2. The van der Waals surface area contributed by atoms with Gasteiger partial charge in [-0.1, -0.05) is 20.3 Å². The third kappa shape index (κ3) is 1.80. The number of aliphatic hydroxyl groups excluding tert-OH is 2. The zero-order chi connectivity index (χ0) is 9.35. The van der Waals surface area contributed by atoms with E-state index in [2.05, 4.69) is 13.8 Å². The maximum atomic E-state index is 9.91. The second-order valence-corrected chi connectivity index (χ2v) is 4.73. The molecule has 12 heavy (non-hydrogen) atoms. The quantitative estimate of drug-likeness (QED) is 0.630. The van der Waals surface area contributed by atoms with Gasteiger partial charge in [-0.05, 0) is 25.2 Å². The van der Waals surface area contributed by atoms with Crippen LogP contribution in [0.3, 0.4) is 0 Å². The fraction of sp³-hybridized carbons (Fsp3) is 1.00. The molecule has 0 heterocycles. The second kappa shape index (κ2) is 3.35. The molecule has 2 nitrogen and oxygen atoms in total. The Morgan fingerprint density at radius 2 is 2.00 bits per heavy atom. The van der Waals surface area contributed by atoms with Crippen LogP contribution in [0.2, 0.25) is 0 Å². The molecule has 1 aliphatic carbocycles. The van der Waals surface area contributed by atoms with E-state index in [4.69, 9.17) is 0 Å². The van der Waals surface area contributed by atoms with Crippen molar-refractivity contribution in [2.24, 2.45) is 11.3 Å². The van der Waals surface area contributed by atoms with Gasteiger partial charge in [-0.2, -0.15) is 0 Å². The minimum atomic E-state index is -0.375. The molecule has 3 atom stereocenters. The summed E-state index contributed by atoms with van der Waals surface area (Å²) in [4.78, 5) is 0. The highest BCUT2D eigenvalue weighted by Gasteiger charge is 2.39. The van der Waals surface area contributed by atoms with Crippen LogP contribution in [-0.2, 0) is 0 Å². The minimum absolute atomic E-state index is 0.0140. The van der Waals surface area contributed by atoms with Crippen LogP contribution in [0.1, 0.15) is 40.0 Å². The van der Waals surface area contributed by atoms with Crippen molar-refractivity contribution in [2.75, 3.05) is 0 Å². The molecular weight excluding hydrogens is 152 g/mol. The van der Waals surface area contributed by atoms with E-state index >= 15 is 0 Å². The van der Waals surface area contributed by atoms with Gasteiger partial charge in [0, 0.05) is 5.92 Å². The van der Waals surface area contributed by atoms with Crippen LogP contribution in [0.25, 0.3) is 0 Å². The predicted octanol–water partition coefficient (Wildman–Crippen LogP) is 1.55. The molecule has 1 aliphatic rings. The first-order chi connectivity index (χ1) is 5.45. The molecule has 0 aromatic carbocycles. The molecule has 72 valence electrons. The largest absolute Gasteiger partial charge is 0.393 e. The summed E-state index contributed by atoms with van der Waals surface area (Å²) in [6, 6.07) is 0. The van der Waals surface area contributed by atoms with Gasteiger partial charge < -0.3 is 10.2 Å². The van der Waals surface area contributed by atoms with E-state index in [1.54, 1.807) is 6.92 Å². The molecule has 0 bridgehead atoms. The summed E-state index contributed by atoms with van der Waals surface area (Å²) >= 11 is 0. The lowest BCUT2D eigenvalue weighted by molar-refractivity contribution is -0.0735. The Balaban J connectivity index is 2.66. The van der Waals surface area contributed by atoms with Gasteiger partial charge in [-0.15, -0.1) is 0 Å². The molecule has 0 aliphatic heterocycles. The lowest BCUT2D eigenvalue weighted by atomic mass is 9.68. The third-order valence-corrected chi connectivity index (χ3v) is 3.18. The lowest BCUT2D eigenvalue weighted by Gasteiger charge is -2.42. The third-order valence-electron chi connectivity index (χ3n) is 3.18. The van der Waals surface area contributed by atoms with Crippen LogP contribution in [0, 0.1) is 11.3 Å². The smallest absolute Gasteiger partial charge is 0.0643 e. The summed E-state index contributed by atoms with van der Waals surface area (Å²) < 4.78 is 0. The van der Waals surface area contributed by atoms with Crippen molar-refractivity contribution < 1.29 is 10.2 Å². The Bertz CT molecular complexity index is 152.